The number of phenolic OH excluding ortho intramolecular Hbond substituents is 1. The number of aliphatic hydroxyl groups is 1. The van der Waals surface area contributed by atoms with E-state index in [0.717, 1.165) is 37.8 Å². The van der Waals surface area contributed by atoms with E-state index in [2.05, 4.69) is 0 Å². The molecule has 1 heterocycles. The third-order valence-corrected chi connectivity index (χ3v) is 5.88. The van der Waals surface area contributed by atoms with Crippen molar-refractivity contribution in [2.75, 3.05) is 13.1 Å². The molecule has 126 valence electrons. The number of carbonyl (C=O) groups is 1. The van der Waals surface area contributed by atoms with Crippen LogP contribution in [-0.2, 0) is 11.2 Å². The van der Waals surface area contributed by atoms with Gasteiger partial charge in [0.25, 0.3) is 0 Å². The molecule has 0 bridgehead atoms. The van der Waals surface area contributed by atoms with Crippen LogP contribution < -0.4 is 0 Å². The highest BCUT2D eigenvalue weighted by Gasteiger charge is 2.48. The van der Waals surface area contributed by atoms with Gasteiger partial charge >= 0.3 is 0 Å². The summed E-state index contributed by atoms with van der Waals surface area (Å²) in [6, 6.07) is 7.19. The normalized spacial score (nSPS) is 30.3. The predicted molar refractivity (Wildman–Crippen MR) is 89.1 cm³/mol. The summed E-state index contributed by atoms with van der Waals surface area (Å²) in [6.07, 6.45) is 4.80. The maximum Gasteiger partial charge on any atom is 0.222 e. The van der Waals surface area contributed by atoms with Crippen LogP contribution in [-0.4, -0.2) is 39.7 Å². The Bertz CT molecular complexity index is 573. The van der Waals surface area contributed by atoms with Gasteiger partial charge in [0.1, 0.15) is 5.75 Å². The van der Waals surface area contributed by atoms with Crippen LogP contribution in [0.15, 0.2) is 24.3 Å². The first-order chi connectivity index (χ1) is 11.0. The second-order valence-electron chi connectivity index (χ2n) is 7.14. The molecule has 1 aliphatic heterocycles. The van der Waals surface area contributed by atoms with Crippen LogP contribution in [0.2, 0.25) is 0 Å². The van der Waals surface area contributed by atoms with Gasteiger partial charge in [-0.05, 0) is 43.2 Å². The number of phenols is 1. The van der Waals surface area contributed by atoms with Gasteiger partial charge < -0.3 is 15.1 Å². The molecule has 0 aromatic heterocycles. The molecule has 2 fully saturated rings. The second-order valence-corrected chi connectivity index (χ2v) is 7.14. The molecule has 3 atom stereocenters. The van der Waals surface area contributed by atoms with E-state index in [9.17, 15) is 15.0 Å². The zero-order valence-corrected chi connectivity index (χ0v) is 13.9. The lowest BCUT2D eigenvalue weighted by molar-refractivity contribution is -0.130. The van der Waals surface area contributed by atoms with Crippen LogP contribution in [0.3, 0.4) is 0 Å². The van der Waals surface area contributed by atoms with E-state index in [4.69, 9.17) is 0 Å². The Balaban J connectivity index is 1.60. The number of amides is 1. The lowest BCUT2D eigenvalue weighted by atomic mass is 9.69. The van der Waals surface area contributed by atoms with Crippen LogP contribution >= 0.6 is 0 Å². The van der Waals surface area contributed by atoms with Crippen LogP contribution in [0.25, 0.3) is 0 Å². The van der Waals surface area contributed by atoms with Gasteiger partial charge in [0.05, 0.1) is 5.60 Å². The average molecular weight is 317 g/mol. The van der Waals surface area contributed by atoms with Gasteiger partial charge in [0.2, 0.25) is 5.91 Å². The molecule has 1 aliphatic carbocycles. The first kappa shape index (κ1) is 16.3. The number of rotatable bonds is 4. The fraction of sp³-hybridized carbons (Fsp3) is 0.632. The van der Waals surface area contributed by atoms with Gasteiger partial charge in [-0.15, -0.1) is 0 Å². The number of fused-ring (bicyclic) bond motifs is 1. The first-order valence-electron chi connectivity index (χ1n) is 8.80. The molecule has 0 radical (unpaired) electrons. The second kappa shape index (κ2) is 6.52. The molecule has 1 aromatic rings. The smallest absolute Gasteiger partial charge is 0.222 e. The van der Waals surface area contributed by atoms with Crippen molar-refractivity contribution >= 4 is 5.91 Å². The Morgan fingerprint density at radius 3 is 2.87 bits per heavy atom. The van der Waals surface area contributed by atoms with Crippen molar-refractivity contribution in [2.45, 2.75) is 51.0 Å². The van der Waals surface area contributed by atoms with E-state index >= 15 is 0 Å². The lowest BCUT2D eigenvalue weighted by Gasteiger charge is -2.40. The number of aromatic hydroxyl groups is 1. The van der Waals surface area contributed by atoms with Crippen molar-refractivity contribution in [3.63, 3.8) is 0 Å². The number of nitrogens with zero attached hydrogens (tertiary/aromatic N) is 1. The molecule has 1 saturated carbocycles. The molecule has 2 aliphatic rings. The molecule has 0 spiro atoms. The maximum absolute atomic E-state index is 12.5. The van der Waals surface area contributed by atoms with Crippen molar-refractivity contribution in [1.82, 2.24) is 4.90 Å². The summed E-state index contributed by atoms with van der Waals surface area (Å²) in [7, 11) is 0. The summed E-state index contributed by atoms with van der Waals surface area (Å²) in [4.78, 5) is 14.5. The van der Waals surface area contributed by atoms with E-state index in [1.807, 2.05) is 24.0 Å². The highest BCUT2D eigenvalue weighted by atomic mass is 16.3. The summed E-state index contributed by atoms with van der Waals surface area (Å²) in [5.74, 6) is 1.08. The van der Waals surface area contributed by atoms with E-state index in [0.29, 0.717) is 25.3 Å². The molecule has 1 amide bonds. The molecule has 0 unspecified atom stereocenters. The number of hydrogen-bond donors (Lipinski definition) is 2. The third-order valence-electron chi connectivity index (χ3n) is 5.88. The average Bonchev–Trinajstić information content (AvgIpc) is 3.00. The zero-order chi connectivity index (χ0) is 16.4. The van der Waals surface area contributed by atoms with Gasteiger partial charge in [0, 0.05) is 25.4 Å². The summed E-state index contributed by atoms with van der Waals surface area (Å²) in [5.41, 5.74) is 0.234. The molecule has 4 nitrogen and oxygen atoms in total. The van der Waals surface area contributed by atoms with Crippen LogP contribution in [0.1, 0.15) is 44.6 Å². The molecule has 1 saturated heterocycles. The van der Waals surface area contributed by atoms with Crippen molar-refractivity contribution in [3.05, 3.63) is 29.8 Å². The van der Waals surface area contributed by atoms with Crippen molar-refractivity contribution in [3.8, 4) is 5.75 Å². The van der Waals surface area contributed by atoms with Gasteiger partial charge in [-0.3, -0.25) is 4.79 Å². The highest BCUT2D eigenvalue weighted by Crippen LogP contribution is 2.44. The minimum absolute atomic E-state index is 0.140. The standard InChI is InChI=1S/C19H27NO3/c1-2-19(23)11-5-7-15-12-20(13-16(15)19)18(22)10-9-14-6-3-4-8-17(14)21/h3-4,6,8,15-16,21,23H,2,5,7,9-13H2,1H3/t15-,16+,19-/m1/s1. The summed E-state index contributed by atoms with van der Waals surface area (Å²) >= 11 is 0. The van der Waals surface area contributed by atoms with Gasteiger partial charge in [-0.1, -0.05) is 31.5 Å². The number of likely N-dealkylation sites (tertiary alicyclic amines) is 1. The largest absolute Gasteiger partial charge is 0.508 e. The Morgan fingerprint density at radius 2 is 2.13 bits per heavy atom. The van der Waals surface area contributed by atoms with Crippen molar-refractivity contribution in [1.29, 1.82) is 0 Å². The molecular weight excluding hydrogens is 290 g/mol. The molecule has 1 aromatic carbocycles. The minimum atomic E-state index is -0.588. The van der Waals surface area contributed by atoms with E-state index < -0.39 is 5.60 Å². The van der Waals surface area contributed by atoms with Crippen molar-refractivity contribution in [2.24, 2.45) is 11.8 Å². The minimum Gasteiger partial charge on any atom is -0.508 e. The fourth-order valence-corrected chi connectivity index (χ4v) is 4.39. The Morgan fingerprint density at radius 1 is 1.35 bits per heavy atom. The monoisotopic (exact) mass is 317 g/mol. The number of aryl methyl sites for hydroxylation is 1. The highest BCUT2D eigenvalue weighted by molar-refractivity contribution is 5.77. The van der Waals surface area contributed by atoms with Crippen LogP contribution in [0, 0.1) is 11.8 Å². The quantitative estimate of drug-likeness (QED) is 0.897. The van der Waals surface area contributed by atoms with Crippen LogP contribution in [0.4, 0.5) is 0 Å². The molecule has 3 rings (SSSR count). The number of benzene rings is 1. The van der Waals surface area contributed by atoms with Gasteiger partial charge in [0.15, 0.2) is 0 Å². The Labute approximate surface area is 138 Å². The third kappa shape index (κ3) is 3.23. The van der Waals surface area contributed by atoms with Crippen molar-refractivity contribution < 1.29 is 15.0 Å². The van der Waals surface area contributed by atoms with E-state index in [1.165, 1.54) is 0 Å². The summed E-state index contributed by atoms with van der Waals surface area (Å²) in [6.45, 7) is 3.52. The van der Waals surface area contributed by atoms with E-state index in [-0.39, 0.29) is 17.6 Å². The topological polar surface area (TPSA) is 60.8 Å². The predicted octanol–water partition coefficient (Wildman–Crippen LogP) is 2.72. The molecule has 2 N–H and O–H groups in total. The zero-order valence-electron chi connectivity index (χ0n) is 13.9. The Hall–Kier alpha value is -1.55. The van der Waals surface area contributed by atoms with E-state index in [1.54, 1.807) is 12.1 Å². The summed E-state index contributed by atoms with van der Waals surface area (Å²) < 4.78 is 0. The number of carbonyl (C=O) groups excluding carboxylic acids is 1. The summed E-state index contributed by atoms with van der Waals surface area (Å²) in [5, 5.41) is 20.6. The molecule has 4 heteroatoms. The fourth-order valence-electron chi connectivity index (χ4n) is 4.39. The lowest BCUT2D eigenvalue weighted by Crippen LogP contribution is -2.44. The maximum atomic E-state index is 12.5. The number of hydrogen-bond acceptors (Lipinski definition) is 3. The SMILES string of the molecule is CC[C@@]1(O)CCC[C@@H]2CN(C(=O)CCc3ccccc3O)C[C@@H]21. The molecular formula is C19H27NO3. The Kier molecular flexibility index (Phi) is 4.62. The molecule has 23 heavy (non-hydrogen) atoms. The van der Waals surface area contributed by atoms with Gasteiger partial charge in [-0.2, -0.15) is 0 Å². The first-order valence-corrected chi connectivity index (χ1v) is 8.80. The number of para-hydroxylation sites is 1. The van der Waals surface area contributed by atoms with Gasteiger partial charge in [-0.25, -0.2) is 0 Å². The van der Waals surface area contributed by atoms with Crippen LogP contribution in [0.5, 0.6) is 5.75 Å².